The monoisotopic (exact) mass is 440 g/mol. The third-order valence-corrected chi connectivity index (χ3v) is 6.11. The maximum Gasteiger partial charge on any atom is 0.266 e. The van der Waals surface area contributed by atoms with Crippen LogP contribution in [0, 0.1) is 5.82 Å². The van der Waals surface area contributed by atoms with Crippen LogP contribution in [-0.2, 0) is 0 Å². The van der Waals surface area contributed by atoms with E-state index >= 15 is 0 Å². The number of halogens is 3. The number of hydrogen-bond donors (Lipinski definition) is 1. The van der Waals surface area contributed by atoms with Crippen LogP contribution in [0.2, 0.25) is 0 Å². The summed E-state index contributed by atoms with van der Waals surface area (Å²) < 4.78 is 40.8. The van der Waals surface area contributed by atoms with Gasteiger partial charge in [0, 0.05) is 30.1 Å². The summed E-state index contributed by atoms with van der Waals surface area (Å²) in [5.41, 5.74) is 3.41. The SMILES string of the molecule is CC(C)N1CC=C(c2ccc3nncc(N[C@H](C)c4cccc(C(F)F)c4F)c3c2)CC1. The van der Waals surface area contributed by atoms with Crippen molar-refractivity contribution < 1.29 is 13.2 Å². The van der Waals surface area contributed by atoms with Gasteiger partial charge in [0.25, 0.3) is 6.43 Å². The first-order valence-corrected chi connectivity index (χ1v) is 10.9. The zero-order valence-corrected chi connectivity index (χ0v) is 18.4. The highest BCUT2D eigenvalue weighted by molar-refractivity contribution is 5.93. The highest BCUT2D eigenvalue weighted by Gasteiger charge is 2.20. The van der Waals surface area contributed by atoms with Crippen LogP contribution in [0.25, 0.3) is 16.5 Å². The van der Waals surface area contributed by atoms with Gasteiger partial charge in [0.1, 0.15) is 5.82 Å². The molecule has 0 saturated heterocycles. The minimum absolute atomic E-state index is 0.188. The van der Waals surface area contributed by atoms with Gasteiger partial charge >= 0.3 is 0 Å². The number of anilines is 1. The Morgan fingerprint density at radius 1 is 1.06 bits per heavy atom. The van der Waals surface area contributed by atoms with Crippen molar-refractivity contribution >= 4 is 22.2 Å². The first-order valence-electron chi connectivity index (χ1n) is 10.9. The summed E-state index contributed by atoms with van der Waals surface area (Å²) in [5, 5.41) is 12.4. The lowest BCUT2D eigenvalue weighted by Crippen LogP contribution is -2.34. The van der Waals surface area contributed by atoms with Crippen molar-refractivity contribution in [2.24, 2.45) is 0 Å². The molecule has 4 rings (SSSR count). The average molecular weight is 441 g/mol. The second-order valence-electron chi connectivity index (χ2n) is 8.48. The Morgan fingerprint density at radius 2 is 1.84 bits per heavy atom. The van der Waals surface area contributed by atoms with Crippen LogP contribution in [-0.4, -0.2) is 34.2 Å². The van der Waals surface area contributed by atoms with E-state index in [1.165, 1.54) is 17.7 Å². The number of nitrogens with zero attached hydrogens (tertiary/aromatic N) is 3. The lowest BCUT2D eigenvalue weighted by atomic mass is 9.97. The molecule has 0 fully saturated rings. The van der Waals surface area contributed by atoms with Crippen molar-refractivity contribution in [2.45, 2.75) is 45.7 Å². The van der Waals surface area contributed by atoms with Crippen molar-refractivity contribution in [3.63, 3.8) is 0 Å². The van der Waals surface area contributed by atoms with Crippen molar-refractivity contribution in [2.75, 3.05) is 18.4 Å². The minimum atomic E-state index is -2.86. The summed E-state index contributed by atoms with van der Waals surface area (Å²) >= 11 is 0. The van der Waals surface area contributed by atoms with E-state index in [4.69, 9.17) is 0 Å². The molecule has 3 aromatic rings. The van der Waals surface area contributed by atoms with Crippen molar-refractivity contribution in [1.82, 2.24) is 15.1 Å². The molecule has 2 heterocycles. The topological polar surface area (TPSA) is 41.1 Å². The largest absolute Gasteiger partial charge is 0.377 e. The lowest BCUT2D eigenvalue weighted by Gasteiger charge is -2.29. The molecule has 0 unspecified atom stereocenters. The van der Waals surface area contributed by atoms with Gasteiger partial charge in [-0.3, -0.25) is 4.90 Å². The normalized spacial score (nSPS) is 15.9. The standard InChI is InChI=1S/C25H27F3N4/c1-15(2)32-11-9-17(10-12-32)18-7-8-22-21(13-18)23(14-29-31-22)30-16(3)19-5-4-6-20(24(19)26)25(27)28/h4-9,13-16,25H,10-12H2,1-3H3,(H,30,31)/t16-/m1/s1. The maximum atomic E-state index is 14.6. The summed E-state index contributed by atoms with van der Waals surface area (Å²) in [4.78, 5) is 2.42. The molecule has 0 radical (unpaired) electrons. The smallest absolute Gasteiger partial charge is 0.266 e. The van der Waals surface area contributed by atoms with E-state index in [-0.39, 0.29) is 5.56 Å². The Balaban J connectivity index is 1.64. The lowest BCUT2D eigenvalue weighted by molar-refractivity contribution is 0.146. The Labute approximate surface area is 186 Å². The predicted molar refractivity (Wildman–Crippen MR) is 122 cm³/mol. The molecule has 1 N–H and O–H groups in total. The molecule has 1 atom stereocenters. The van der Waals surface area contributed by atoms with E-state index in [0.29, 0.717) is 17.2 Å². The molecule has 1 aliphatic rings. The van der Waals surface area contributed by atoms with E-state index in [1.807, 2.05) is 12.1 Å². The van der Waals surface area contributed by atoms with E-state index in [2.05, 4.69) is 46.4 Å². The number of fused-ring (bicyclic) bond motifs is 1. The third-order valence-electron chi connectivity index (χ3n) is 6.11. The van der Waals surface area contributed by atoms with Gasteiger partial charge in [-0.05, 0) is 50.5 Å². The van der Waals surface area contributed by atoms with E-state index in [0.717, 1.165) is 36.5 Å². The molecule has 1 aliphatic heterocycles. The Hall–Kier alpha value is -2.93. The molecule has 0 aliphatic carbocycles. The second kappa shape index (κ2) is 9.28. The molecule has 32 heavy (non-hydrogen) atoms. The van der Waals surface area contributed by atoms with Crippen LogP contribution in [0.4, 0.5) is 18.9 Å². The number of alkyl halides is 2. The predicted octanol–water partition coefficient (Wildman–Crippen LogP) is 6.38. The number of rotatable bonds is 6. The zero-order valence-electron chi connectivity index (χ0n) is 18.4. The highest BCUT2D eigenvalue weighted by atomic mass is 19.3. The molecular weight excluding hydrogens is 413 g/mol. The summed E-state index contributed by atoms with van der Waals surface area (Å²) in [6, 6.07) is 10.1. The van der Waals surface area contributed by atoms with Crippen LogP contribution in [0.1, 0.15) is 56.3 Å². The van der Waals surface area contributed by atoms with E-state index in [1.54, 1.807) is 13.1 Å². The minimum Gasteiger partial charge on any atom is -0.377 e. The van der Waals surface area contributed by atoms with Crippen molar-refractivity contribution in [1.29, 1.82) is 0 Å². The molecule has 0 saturated carbocycles. The second-order valence-corrected chi connectivity index (χ2v) is 8.48. The first-order chi connectivity index (χ1) is 15.3. The van der Waals surface area contributed by atoms with Gasteiger partial charge in [-0.2, -0.15) is 10.2 Å². The number of hydrogen-bond acceptors (Lipinski definition) is 4. The van der Waals surface area contributed by atoms with E-state index in [9.17, 15) is 13.2 Å². The number of nitrogens with one attached hydrogen (secondary N) is 1. The quantitative estimate of drug-likeness (QED) is 0.483. The van der Waals surface area contributed by atoms with Crippen LogP contribution < -0.4 is 5.32 Å². The van der Waals surface area contributed by atoms with Crippen LogP contribution in [0.5, 0.6) is 0 Å². The van der Waals surface area contributed by atoms with Crippen LogP contribution >= 0.6 is 0 Å². The molecule has 2 aromatic carbocycles. The van der Waals surface area contributed by atoms with Gasteiger partial charge < -0.3 is 5.32 Å². The number of benzene rings is 2. The van der Waals surface area contributed by atoms with E-state index < -0.39 is 23.8 Å². The van der Waals surface area contributed by atoms with Crippen LogP contribution in [0.3, 0.4) is 0 Å². The fraction of sp³-hybridized carbons (Fsp3) is 0.360. The Kier molecular flexibility index (Phi) is 6.46. The van der Waals surface area contributed by atoms with Crippen LogP contribution in [0.15, 0.2) is 48.7 Å². The summed E-state index contributed by atoms with van der Waals surface area (Å²) in [5.74, 6) is -0.878. The van der Waals surface area contributed by atoms with Gasteiger partial charge in [-0.1, -0.05) is 30.3 Å². The molecule has 4 nitrogen and oxygen atoms in total. The maximum absolute atomic E-state index is 14.6. The summed E-state index contributed by atoms with van der Waals surface area (Å²) in [6.07, 6.45) is 1.96. The van der Waals surface area contributed by atoms with Crippen molar-refractivity contribution in [3.8, 4) is 0 Å². The molecule has 1 aromatic heterocycles. The Bertz CT molecular complexity index is 1140. The fourth-order valence-corrected chi connectivity index (χ4v) is 4.17. The fourth-order valence-electron chi connectivity index (χ4n) is 4.17. The average Bonchev–Trinajstić information content (AvgIpc) is 2.79. The van der Waals surface area contributed by atoms with Crippen molar-refractivity contribution in [3.05, 3.63) is 71.2 Å². The van der Waals surface area contributed by atoms with Gasteiger partial charge in [0.15, 0.2) is 0 Å². The molecule has 0 spiro atoms. The summed E-state index contributed by atoms with van der Waals surface area (Å²) in [7, 11) is 0. The van der Waals surface area contributed by atoms with Gasteiger partial charge in [0.05, 0.1) is 29.0 Å². The Morgan fingerprint density at radius 3 is 2.53 bits per heavy atom. The highest BCUT2D eigenvalue weighted by Crippen LogP contribution is 2.32. The van der Waals surface area contributed by atoms with Gasteiger partial charge in [-0.15, -0.1) is 0 Å². The first kappa shape index (κ1) is 22.3. The van der Waals surface area contributed by atoms with Gasteiger partial charge in [-0.25, -0.2) is 13.2 Å². The number of aromatic nitrogens is 2. The molecule has 0 amide bonds. The zero-order chi connectivity index (χ0) is 22.8. The van der Waals surface area contributed by atoms with Gasteiger partial charge in [0.2, 0.25) is 0 Å². The molecule has 168 valence electrons. The molecule has 0 bridgehead atoms. The third kappa shape index (κ3) is 4.48. The molecular formula is C25H27F3N4. The summed E-state index contributed by atoms with van der Waals surface area (Å²) in [6.45, 7) is 8.08. The molecule has 7 heteroatoms.